The first-order chi connectivity index (χ1) is 14.1. The summed E-state index contributed by atoms with van der Waals surface area (Å²) < 4.78 is 16.8. The largest absolute Gasteiger partial charge is 0.494 e. The van der Waals surface area contributed by atoms with E-state index in [9.17, 15) is 9.59 Å². The van der Waals surface area contributed by atoms with Crippen molar-refractivity contribution in [1.29, 1.82) is 0 Å². The van der Waals surface area contributed by atoms with Crippen molar-refractivity contribution in [3.8, 4) is 17.2 Å². The smallest absolute Gasteiger partial charge is 0.293 e. The van der Waals surface area contributed by atoms with E-state index in [1.54, 1.807) is 12.1 Å². The predicted molar refractivity (Wildman–Crippen MR) is 113 cm³/mol. The molecule has 29 heavy (non-hydrogen) atoms. The molecule has 2 aromatic carbocycles. The number of amides is 2. The van der Waals surface area contributed by atoms with Crippen LogP contribution < -0.4 is 14.2 Å². The van der Waals surface area contributed by atoms with Gasteiger partial charge in [-0.3, -0.25) is 14.5 Å². The predicted octanol–water partition coefficient (Wildman–Crippen LogP) is 4.60. The van der Waals surface area contributed by atoms with E-state index in [-0.39, 0.29) is 24.3 Å². The van der Waals surface area contributed by atoms with Crippen LogP contribution in [-0.4, -0.2) is 42.4 Å². The summed E-state index contributed by atoms with van der Waals surface area (Å²) in [4.78, 5) is 26.6. The first-order valence-electron chi connectivity index (χ1n) is 9.45. The van der Waals surface area contributed by atoms with Gasteiger partial charge in [0.15, 0.2) is 0 Å². The molecule has 0 spiro atoms. The third kappa shape index (κ3) is 5.32. The molecule has 0 unspecified atom stereocenters. The van der Waals surface area contributed by atoms with Crippen molar-refractivity contribution < 1.29 is 23.8 Å². The zero-order valence-corrected chi connectivity index (χ0v) is 17.2. The van der Waals surface area contributed by atoms with E-state index in [1.165, 1.54) is 4.90 Å². The number of hydrogen-bond acceptors (Lipinski definition) is 6. The Hall–Kier alpha value is -2.93. The van der Waals surface area contributed by atoms with Gasteiger partial charge in [0, 0.05) is 11.6 Å². The molecular weight excluding hydrogens is 390 g/mol. The molecule has 1 saturated heterocycles. The van der Waals surface area contributed by atoms with Gasteiger partial charge in [-0.1, -0.05) is 18.2 Å². The lowest BCUT2D eigenvalue weighted by Crippen LogP contribution is -2.32. The average Bonchev–Trinajstić information content (AvgIpc) is 2.98. The maximum atomic E-state index is 12.7. The standard InChI is InChI=1S/C22H23NO5S/c1-3-26-18-11-10-16(19(15-18)27-4-2)14-20-21(24)23(22(25)29-20)12-13-28-17-8-6-5-7-9-17/h5-11,14-15H,3-4,12-13H2,1-2H3/b20-14-. The molecule has 0 N–H and O–H groups in total. The van der Waals surface area contributed by atoms with E-state index in [4.69, 9.17) is 14.2 Å². The molecular formula is C22H23NO5S. The van der Waals surface area contributed by atoms with Crippen molar-refractivity contribution in [2.75, 3.05) is 26.4 Å². The van der Waals surface area contributed by atoms with Crippen LogP contribution in [0, 0.1) is 0 Å². The molecule has 0 atom stereocenters. The maximum Gasteiger partial charge on any atom is 0.293 e. The van der Waals surface area contributed by atoms with Crippen LogP contribution in [0.15, 0.2) is 53.4 Å². The Kier molecular flexibility index (Phi) is 7.19. The van der Waals surface area contributed by atoms with Crippen LogP contribution in [0.2, 0.25) is 0 Å². The fourth-order valence-corrected chi connectivity index (χ4v) is 3.63. The second kappa shape index (κ2) is 10.0. The van der Waals surface area contributed by atoms with Gasteiger partial charge in [-0.2, -0.15) is 0 Å². The normalized spacial score (nSPS) is 15.1. The van der Waals surface area contributed by atoms with Crippen LogP contribution >= 0.6 is 11.8 Å². The molecule has 1 aliphatic heterocycles. The van der Waals surface area contributed by atoms with Gasteiger partial charge in [-0.05, 0) is 56.0 Å². The molecule has 1 heterocycles. The zero-order chi connectivity index (χ0) is 20.6. The van der Waals surface area contributed by atoms with Crippen molar-refractivity contribution in [3.63, 3.8) is 0 Å². The lowest BCUT2D eigenvalue weighted by atomic mass is 10.1. The highest BCUT2D eigenvalue weighted by molar-refractivity contribution is 8.18. The van der Waals surface area contributed by atoms with Gasteiger partial charge in [0.25, 0.3) is 11.1 Å². The molecule has 6 nitrogen and oxygen atoms in total. The quantitative estimate of drug-likeness (QED) is 0.560. The Bertz CT molecular complexity index is 897. The SMILES string of the molecule is CCOc1ccc(/C=C2\SC(=O)N(CCOc3ccccc3)C2=O)c(OCC)c1. The number of rotatable bonds is 9. The molecule has 0 bridgehead atoms. The van der Waals surface area contributed by atoms with Crippen molar-refractivity contribution in [2.24, 2.45) is 0 Å². The number of para-hydroxylation sites is 1. The van der Waals surface area contributed by atoms with Crippen molar-refractivity contribution in [2.45, 2.75) is 13.8 Å². The van der Waals surface area contributed by atoms with Crippen LogP contribution in [0.5, 0.6) is 17.2 Å². The first-order valence-corrected chi connectivity index (χ1v) is 10.3. The molecule has 1 fully saturated rings. The minimum atomic E-state index is -0.326. The number of hydrogen-bond donors (Lipinski definition) is 0. The lowest BCUT2D eigenvalue weighted by Gasteiger charge is -2.13. The molecule has 1 aliphatic rings. The van der Waals surface area contributed by atoms with Crippen molar-refractivity contribution >= 4 is 29.0 Å². The summed E-state index contributed by atoms with van der Waals surface area (Å²) in [5, 5.41) is -0.304. The maximum absolute atomic E-state index is 12.7. The van der Waals surface area contributed by atoms with Crippen molar-refractivity contribution in [1.82, 2.24) is 4.90 Å². The molecule has 0 aromatic heterocycles. The summed E-state index contributed by atoms with van der Waals surface area (Å²) in [7, 11) is 0. The fourth-order valence-electron chi connectivity index (χ4n) is 2.78. The van der Waals surface area contributed by atoms with E-state index < -0.39 is 0 Å². The van der Waals surface area contributed by atoms with Gasteiger partial charge in [-0.15, -0.1) is 0 Å². The number of imide groups is 1. The summed E-state index contributed by atoms with van der Waals surface area (Å²) in [6.45, 7) is 5.26. The molecule has 152 valence electrons. The van der Waals surface area contributed by atoms with E-state index in [2.05, 4.69) is 0 Å². The molecule has 3 rings (SSSR count). The highest BCUT2D eigenvalue weighted by Crippen LogP contribution is 2.35. The zero-order valence-electron chi connectivity index (χ0n) is 16.4. The number of carbonyl (C=O) groups is 2. The number of ether oxygens (including phenoxy) is 3. The van der Waals surface area contributed by atoms with Crippen LogP contribution in [0.1, 0.15) is 19.4 Å². The number of nitrogens with zero attached hydrogens (tertiary/aromatic N) is 1. The molecule has 0 saturated carbocycles. The van der Waals surface area contributed by atoms with Gasteiger partial charge in [-0.25, -0.2) is 0 Å². The highest BCUT2D eigenvalue weighted by atomic mass is 32.2. The van der Waals surface area contributed by atoms with E-state index in [0.29, 0.717) is 35.4 Å². The molecule has 0 aliphatic carbocycles. The van der Waals surface area contributed by atoms with Crippen molar-refractivity contribution in [3.05, 3.63) is 59.0 Å². The Morgan fingerprint density at radius 1 is 0.931 bits per heavy atom. The molecule has 2 aromatic rings. The number of carbonyl (C=O) groups excluding carboxylic acids is 2. The molecule has 0 radical (unpaired) electrons. The van der Waals surface area contributed by atoms with E-state index in [1.807, 2.05) is 56.3 Å². The van der Waals surface area contributed by atoms with Gasteiger partial charge < -0.3 is 14.2 Å². The second-order valence-electron chi connectivity index (χ2n) is 6.06. The van der Waals surface area contributed by atoms with Gasteiger partial charge in [0.1, 0.15) is 23.9 Å². The highest BCUT2D eigenvalue weighted by Gasteiger charge is 2.35. The summed E-state index contributed by atoms with van der Waals surface area (Å²) in [6, 6.07) is 14.7. The van der Waals surface area contributed by atoms with E-state index in [0.717, 1.165) is 17.3 Å². The first kappa shape index (κ1) is 20.8. The Morgan fingerprint density at radius 2 is 1.69 bits per heavy atom. The minimum absolute atomic E-state index is 0.193. The topological polar surface area (TPSA) is 65.1 Å². The van der Waals surface area contributed by atoms with Crippen LogP contribution in [-0.2, 0) is 4.79 Å². The van der Waals surface area contributed by atoms with Crippen LogP contribution in [0.3, 0.4) is 0 Å². The summed E-state index contributed by atoms with van der Waals surface area (Å²) in [5.74, 6) is 1.68. The Labute approximate surface area is 174 Å². The summed E-state index contributed by atoms with van der Waals surface area (Å²) in [5.41, 5.74) is 0.723. The average molecular weight is 413 g/mol. The Morgan fingerprint density at radius 3 is 2.41 bits per heavy atom. The molecule has 2 amide bonds. The van der Waals surface area contributed by atoms with Crippen LogP contribution in [0.4, 0.5) is 4.79 Å². The number of thioether (sulfide) groups is 1. The Balaban J connectivity index is 1.70. The minimum Gasteiger partial charge on any atom is -0.494 e. The number of benzene rings is 2. The summed E-state index contributed by atoms with van der Waals surface area (Å²) in [6.07, 6.45) is 1.68. The van der Waals surface area contributed by atoms with E-state index >= 15 is 0 Å². The summed E-state index contributed by atoms with van der Waals surface area (Å²) >= 11 is 0.920. The lowest BCUT2D eigenvalue weighted by molar-refractivity contribution is -0.123. The third-order valence-electron chi connectivity index (χ3n) is 4.08. The molecule has 7 heteroatoms. The fraction of sp³-hybridized carbons (Fsp3) is 0.273. The van der Waals surface area contributed by atoms with Gasteiger partial charge in [0.2, 0.25) is 0 Å². The second-order valence-corrected chi connectivity index (χ2v) is 7.05. The third-order valence-corrected chi connectivity index (χ3v) is 4.99. The monoisotopic (exact) mass is 413 g/mol. The van der Waals surface area contributed by atoms with Gasteiger partial charge >= 0.3 is 0 Å². The van der Waals surface area contributed by atoms with Gasteiger partial charge in [0.05, 0.1) is 24.7 Å². The van der Waals surface area contributed by atoms with Crippen LogP contribution in [0.25, 0.3) is 6.08 Å².